The predicted octanol–water partition coefficient (Wildman–Crippen LogP) is 3.46. The van der Waals surface area contributed by atoms with E-state index < -0.39 is 0 Å². The maximum absolute atomic E-state index is 13.2. The van der Waals surface area contributed by atoms with Crippen LogP contribution in [0.25, 0.3) is 0 Å². The van der Waals surface area contributed by atoms with Crippen LogP contribution in [-0.2, 0) is 18.4 Å². The monoisotopic (exact) mass is 367 g/mol. The molecule has 1 fully saturated rings. The molecule has 0 bridgehead atoms. The molecule has 2 aromatic rings. The van der Waals surface area contributed by atoms with E-state index in [-0.39, 0.29) is 24.4 Å². The van der Waals surface area contributed by atoms with Crippen molar-refractivity contribution < 1.29 is 9.59 Å². The second kappa shape index (κ2) is 8.42. The van der Waals surface area contributed by atoms with Gasteiger partial charge in [0, 0.05) is 36.6 Å². The van der Waals surface area contributed by atoms with Gasteiger partial charge in [0.15, 0.2) is 0 Å². The maximum atomic E-state index is 13.2. The largest absolute Gasteiger partial charge is 0.353 e. The van der Waals surface area contributed by atoms with Crippen LogP contribution in [0.2, 0.25) is 0 Å². The molecule has 2 amide bonds. The topological polar surface area (TPSA) is 45.6 Å². The molecule has 1 aromatic heterocycles. The van der Waals surface area contributed by atoms with Crippen molar-refractivity contribution in [3.05, 3.63) is 59.9 Å². The third-order valence-corrected chi connectivity index (χ3v) is 5.40. The van der Waals surface area contributed by atoms with Gasteiger partial charge in [0.2, 0.25) is 5.91 Å². The minimum absolute atomic E-state index is 0.0118. The lowest BCUT2D eigenvalue weighted by Gasteiger charge is -2.31. The van der Waals surface area contributed by atoms with Gasteiger partial charge in [-0.15, -0.1) is 0 Å². The molecule has 0 saturated heterocycles. The fraction of sp³-hybridized carbons (Fsp3) is 0.455. The lowest BCUT2D eigenvalue weighted by Crippen LogP contribution is -2.47. The first-order valence-corrected chi connectivity index (χ1v) is 9.77. The summed E-state index contributed by atoms with van der Waals surface area (Å²) in [5.74, 6) is -0.0452. The van der Waals surface area contributed by atoms with Crippen LogP contribution < -0.4 is 0 Å². The molecule has 144 valence electrons. The number of aromatic nitrogens is 1. The minimum Gasteiger partial charge on any atom is -0.353 e. The van der Waals surface area contributed by atoms with Crippen LogP contribution in [0.15, 0.2) is 48.7 Å². The highest BCUT2D eigenvalue weighted by molar-refractivity contribution is 5.96. The SMILES string of the molecule is CCC(C)N(CC(=O)N(Cc1cccn1C)C1CC1)C(=O)c1ccccc1. The first-order chi connectivity index (χ1) is 13.0. The number of amides is 2. The summed E-state index contributed by atoms with van der Waals surface area (Å²) in [6.45, 7) is 4.78. The van der Waals surface area contributed by atoms with E-state index in [1.54, 1.807) is 4.90 Å². The molecule has 0 N–H and O–H groups in total. The molecular formula is C22H29N3O2. The third kappa shape index (κ3) is 4.59. The van der Waals surface area contributed by atoms with Gasteiger partial charge in [-0.05, 0) is 50.5 Å². The molecule has 5 heteroatoms. The minimum atomic E-state index is -0.0760. The zero-order chi connectivity index (χ0) is 19.4. The molecule has 1 aliphatic rings. The number of carbonyl (C=O) groups is 2. The molecule has 1 aromatic carbocycles. The fourth-order valence-corrected chi connectivity index (χ4v) is 3.27. The summed E-state index contributed by atoms with van der Waals surface area (Å²) in [5, 5.41) is 0. The molecule has 1 saturated carbocycles. The average molecular weight is 367 g/mol. The van der Waals surface area contributed by atoms with Crippen LogP contribution >= 0.6 is 0 Å². The summed E-state index contributed by atoms with van der Waals surface area (Å²) < 4.78 is 2.05. The Hall–Kier alpha value is -2.56. The van der Waals surface area contributed by atoms with Crippen molar-refractivity contribution >= 4 is 11.8 Å². The number of hydrogen-bond donors (Lipinski definition) is 0. The van der Waals surface area contributed by atoms with Gasteiger partial charge >= 0.3 is 0 Å². The van der Waals surface area contributed by atoms with E-state index in [4.69, 9.17) is 0 Å². The Kier molecular flexibility index (Phi) is 5.99. The smallest absolute Gasteiger partial charge is 0.254 e. The molecular weight excluding hydrogens is 338 g/mol. The zero-order valence-corrected chi connectivity index (χ0v) is 16.5. The number of rotatable bonds is 8. The van der Waals surface area contributed by atoms with E-state index in [0.717, 1.165) is 25.0 Å². The Morgan fingerprint density at radius 1 is 1.15 bits per heavy atom. The summed E-state index contributed by atoms with van der Waals surface area (Å²) in [5.41, 5.74) is 1.74. The zero-order valence-electron chi connectivity index (χ0n) is 16.5. The summed E-state index contributed by atoms with van der Waals surface area (Å²) in [6, 6.07) is 13.6. The maximum Gasteiger partial charge on any atom is 0.254 e. The fourth-order valence-electron chi connectivity index (χ4n) is 3.27. The quantitative estimate of drug-likeness (QED) is 0.717. The van der Waals surface area contributed by atoms with E-state index in [1.165, 1.54) is 0 Å². The molecule has 3 rings (SSSR count). The van der Waals surface area contributed by atoms with Crippen molar-refractivity contribution in [3.63, 3.8) is 0 Å². The Balaban J connectivity index is 1.76. The second-order valence-electron chi connectivity index (χ2n) is 7.42. The van der Waals surface area contributed by atoms with E-state index in [2.05, 4.69) is 0 Å². The van der Waals surface area contributed by atoms with Crippen molar-refractivity contribution in [3.8, 4) is 0 Å². The van der Waals surface area contributed by atoms with Crippen molar-refractivity contribution in [1.82, 2.24) is 14.4 Å². The summed E-state index contributed by atoms with van der Waals surface area (Å²) >= 11 is 0. The van der Waals surface area contributed by atoms with Crippen LogP contribution in [0, 0.1) is 0 Å². The van der Waals surface area contributed by atoms with E-state index in [1.807, 2.05) is 79.0 Å². The molecule has 0 spiro atoms. The molecule has 1 heterocycles. The van der Waals surface area contributed by atoms with Gasteiger partial charge < -0.3 is 14.4 Å². The van der Waals surface area contributed by atoms with E-state index in [0.29, 0.717) is 18.2 Å². The van der Waals surface area contributed by atoms with E-state index >= 15 is 0 Å². The molecule has 0 radical (unpaired) electrons. The molecule has 27 heavy (non-hydrogen) atoms. The molecule has 1 atom stereocenters. The predicted molar refractivity (Wildman–Crippen MR) is 106 cm³/mol. The van der Waals surface area contributed by atoms with Crippen LogP contribution in [0.1, 0.15) is 49.2 Å². The lowest BCUT2D eigenvalue weighted by atomic mass is 10.1. The molecule has 1 unspecified atom stereocenters. The van der Waals surface area contributed by atoms with Crippen LogP contribution in [0.3, 0.4) is 0 Å². The molecule has 0 aliphatic heterocycles. The molecule has 5 nitrogen and oxygen atoms in total. The van der Waals surface area contributed by atoms with E-state index in [9.17, 15) is 9.59 Å². The van der Waals surface area contributed by atoms with Gasteiger partial charge in [-0.2, -0.15) is 0 Å². The van der Waals surface area contributed by atoms with Crippen molar-refractivity contribution in [2.75, 3.05) is 6.54 Å². The second-order valence-corrected chi connectivity index (χ2v) is 7.42. The van der Waals surface area contributed by atoms with Gasteiger partial charge in [-0.25, -0.2) is 0 Å². The third-order valence-electron chi connectivity index (χ3n) is 5.40. The van der Waals surface area contributed by atoms with Crippen molar-refractivity contribution in [2.45, 2.75) is 51.7 Å². The number of benzene rings is 1. The Bertz CT molecular complexity index is 780. The van der Waals surface area contributed by atoms with Crippen LogP contribution in [0.4, 0.5) is 0 Å². The van der Waals surface area contributed by atoms with Crippen LogP contribution in [0.5, 0.6) is 0 Å². The highest BCUT2D eigenvalue weighted by Gasteiger charge is 2.35. The number of carbonyl (C=O) groups excluding carboxylic acids is 2. The number of aryl methyl sites for hydroxylation is 1. The number of hydrogen-bond acceptors (Lipinski definition) is 2. The summed E-state index contributed by atoms with van der Waals surface area (Å²) in [6.07, 6.45) is 4.90. The van der Waals surface area contributed by atoms with Gasteiger partial charge in [-0.3, -0.25) is 9.59 Å². The van der Waals surface area contributed by atoms with Crippen molar-refractivity contribution in [1.29, 1.82) is 0 Å². The highest BCUT2D eigenvalue weighted by Crippen LogP contribution is 2.29. The average Bonchev–Trinajstić information content (AvgIpc) is 3.45. The van der Waals surface area contributed by atoms with Gasteiger partial charge in [0.1, 0.15) is 6.54 Å². The Morgan fingerprint density at radius 3 is 2.41 bits per heavy atom. The lowest BCUT2D eigenvalue weighted by molar-refractivity contribution is -0.133. The standard InChI is InChI=1S/C22H29N3O2/c1-4-17(2)24(22(27)18-9-6-5-7-10-18)16-21(26)25(19-12-13-19)15-20-11-8-14-23(20)3/h5-11,14,17,19H,4,12-13,15-16H2,1-3H3. The first-order valence-electron chi connectivity index (χ1n) is 9.77. The summed E-state index contributed by atoms with van der Waals surface area (Å²) in [4.78, 5) is 29.8. The van der Waals surface area contributed by atoms with Gasteiger partial charge in [0.05, 0.1) is 6.54 Å². The molecule has 1 aliphatic carbocycles. The van der Waals surface area contributed by atoms with Gasteiger partial charge in [0.25, 0.3) is 5.91 Å². The number of nitrogens with zero attached hydrogens (tertiary/aromatic N) is 3. The summed E-state index contributed by atoms with van der Waals surface area (Å²) in [7, 11) is 2.00. The Morgan fingerprint density at radius 2 is 1.85 bits per heavy atom. The van der Waals surface area contributed by atoms with Crippen molar-refractivity contribution in [2.24, 2.45) is 7.05 Å². The Labute approximate surface area is 161 Å². The normalized spacial score (nSPS) is 14.6. The van der Waals surface area contributed by atoms with Gasteiger partial charge in [-0.1, -0.05) is 25.1 Å². The highest BCUT2D eigenvalue weighted by atomic mass is 16.2. The first kappa shape index (κ1) is 19.2. The van der Waals surface area contributed by atoms with Crippen LogP contribution in [-0.4, -0.2) is 44.8 Å².